The molecular weight excluding hydrogens is 222 g/mol. The van der Waals surface area contributed by atoms with Crippen molar-refractivity contribution in [3.05, 3.63) is 0 Å². The summed E-state index contributed by atoms with van der Waals surface area (Å²) in [6, 6.07) is 2.43. The second-order valence-corrected chi connectivity index (χ2v) is 7.84. The highest BCUT2D eigenvalue weighted by molar-refractivity contribution is 5.18. The molecule has 3 rings (SSSR count). The summed E-state index contributed by atoms with van der Waals surface area (Å²) in [5.74, 6) is 1.15. The van der Waals surface area contributed by atoms with Gasteiger partial charge in [-0.2, -0.15) is 5.26 Å². The molecule has 0 aromatic rings. The predicted octanol–water partition coefficient (Wildman–Crippen LogP) is 3.91. The van der Waals surface area contributed by atoms with Crippen molar-refractivity contribution in [3.8, 4) is 6.07 Å². The van der Waals surface area contributed by atoms with Gasteiger partial charge in [0.25, 0.3) is 0 Å². The van der Waals surface area contributed by atoms with Crippen molar-refractivity contribution in [1.82, 2.24) is 0 Å². The third-order valence-electron chi connectivity index (χ3n) is 6.49. The first kappa shape index (κ1) is 12.5. The summed E-state index contributed by atoms with van der Waals surface area (Å²) in [6.45, 7) is 9.51. The van der Waals surface area contributed by atoms with E-state index in [4.69, 9.17) is 4.74 Å². The van der Waals surface area contributed by atoms with Crippen LogP contribution in [-0.2, 0) is 4.74 Å². The lowest BCUT2D eigenvalue weighted by molar-refractivity contribution is -0.0754. The number of hydrogen-bond acceptors (Lipinski definition) is 2. The third-order valence-corrected chi connectivity index (χ3v) is 6.49. The molecule has 2 aliphatic carbocycles. The molecule has 0 unspecified atom stereocenters. The van der Waals surface area contributed by atoms with Crippen LogP contribution in [0.5, 0.6) is 0 Å². The van der Waals surface area contributed by atoms with Crippen LogP contribution < -0.4 is 0 Å². The van der Waals surface area contributed by atoms with E-state index < -0.39 is 0 Å². The molecule has 2 saturated carbocycles. The molecule has 5 atom stereocenters. The summed E-state index contributed by atoms with van der Waals surface area (Å²) in [5.41, 5.74) is 0.724. The van der Waals surface area contributed by atoms with Crippen LogP contribution in [0.15, 0.2) is 0 Å². The minimum absolute atomic E-state index is 0.00833. The second kappa shape index (κ2) is 3.51. The largest absolute Gasteiger partial charge is 0.366 e. The van der Waals surface area contributed by atoms with Gasteiger partial charge in [0.05, 0.1) is 17.8 Å². The minimum atomic E-state index is 0.00833. The maximum Gasteiger partial charge on any atom is 0.0963 e. The van der Waals surface area contributed by atoms with Crippen molar-refractivity contribution in [2.75, 3.05) is 0 Å². The molecule has 0 N–H and O–H groups in total. The molecule has 0 aromatic carbocycles. The molecule has 0 radical (unpaired) electrons. The van der Waals surface area contributed by atoms with Crippen LogP contribution in [0.3, 0.4) is 0 Å². The first-order valence-corrected chi connectivity index (χ1v) is 7.39. The van der Waals surface area contributed by atoms with Crippen LogP contribution in [0.4, 0.5) is 0 Å². The smallest absolute Gasteiger partial charge is 0.0963 e. The lowest BCUT2D eigenvalue weighted by Gasteiger charge is -2.57. The van der Waals surface area contributed by atoms with Gasteiger partial charge in [-0.25, -0.2) is 0 Å². The zero-order valence-electron chi connectivity index (χ0n) is 12.1. The van der Waals surface area contributed by atoms with Gasteiger partial charge in [-0.3, -0.25) is 0 Å². The molecule has 3 aliphatic rings. The molecule has 0 amide bonds. The Labute approximate surface area is 111 Å². The first-order valence-electron chi connectivity index (χ1n) is 7.39. The van der Waals surface area contributed by atoms with Gasteiger partial charge in [-0.15, -0.1) is 0 Å². The summed E-state index contributed by atoms with van der Waals surface area (Å²) < 4.78 is 6.03. The van der Waals surface area contributed by atoms with Crippen LogP contribution in [0.25, 0.3) is 0 Å². The Kier molecular flexibility index (Phi) is 2.43. The van der Waals surface area contributed by atoms with E-state index in [2.05, 4.69) is 33.8 Å². The van der Waals surface area contributed by atoms with Crippen molar-refractivity contribution in [2.45, 2.75) is 71.5 Å². The Morgan fingerprint density at radius 3 is 2.61 bits per heavy atom. The minimum Gasteiger partial charge on any atom is -0.366 e. The average molecular weight is 247 g/mol. The molecule has 0 spiro atoms. The van der Waals surface area contributed by atoms with Gasteiger partial charge in [0.15, 0.2) is 0 Å². The number of ether oxygens (including phenoxy) is 1. The van der Waals surface area contributed by atoms with E-state index in [1.807, 2.05) is 0 Å². The van der Waals surface area contributed by atoms with Crippen LogP contribution in [0.2, 0.25) is 0 Å². The zero-order chi connectivity index (χ0) is 13.2. The lowest BCUT2D eigenvalue weighted by atomic mass is 9.46. The van der Waals surface area contributed by atoms with E-state index in [9.17, 15) is 5.26 Å². The molecule has 1 saturated heterocycles. The van der Waals surface area contributed by atoms with Gasteiger partial charge >= 0.3 is 0 Å². The van der Waals surface area contributed by atoms with Gasteiger partial charge in [0.1, 0.15) is 0 Å². The van der Waals surface area contributed by atoms with Gasteiger partial charge < -0.3 is 4.74 Å². The van der Waals surface area contributed by atoms with Crippen molar-refractivity contribution >= 4 is 0 Å². The molecule has 0 aromatic heterocycles. The highest BCUT2D eigenvalue weighted by atomic mass is 16.6. The number of nitriles is 1. The van der Waals surface area contributed by atoms with Crippen molar-refractivity contribution in [3.63, 3.8) is 0 Å². The van der Waals surface area contributed by atoms with E-state index >= 15 is 0 Å². The normalized spacial score (nSPS) is 52.9. The van der Waals surface area contributed by atoms with Crippen molar-refractivity contribution < 1.29 is 4.74 Å². The van der Waals surface area contributed by atoms with Gasteiger partial charge in [0, 0.05) is 12.3 Å². The fourth-order valence-corrected chi connectivity index (χ4v) is 5.43. The van der Waals surface area contributed by atoms with Crippen LogP contribution in [0, 0.1) is 34.0 Å². The zero-order valence-corrected chi connectivity index (χ0v) is 12.1. The molecule has 3 fully saturated rings. The quantitative estimate of drug-likeness (QED) is 0.659. The number of fused-ring (bicyclic) bond motifs is 2. The second-order valence-electron chi connectivity index (χ2n) is 7.84. The van der Waals surface area contributed by atoms with Gasteiger partial charge in [0.2, 0.25) is 0 Å². The maximum absolute atomic E-state index is 9.20. The average Bonchev–Trinajstić information content (AvgIpc) is 2.92. The fraction of sp³-hybridized carbons (Fsp3) is 0.938. The Hall–Kier alpha value is -0.550. The molecule has 2 nitrogen and oxygen atoms in total. The Morgan fingerprint density at radius 1 is 1.22 bits per heavy atom. The van der Waals surface area contributed by atoms with Crippen LogP contribution in [-0.4, -0.2) is 11.7 Å². The van der Waals surface area contributed by atoms with E-state index in [1.165, 1.54) is 25.7 Å². The summed E-state index contributed by atoms with van der Waals surface area (Å²) in [4.78, 5) is 0. The van der Waals surface area contributed by atoms with E-state index in [0.29, 0.717) is 29.3 Å². The fourth-order valence-electron chi connectivity index (χ4n) is 5.43. The monoisotopic (exact) mass is 247 g/mol. The summed E-state index contributed by atoms with van der Waals surface area (Å²) in [7, 11) is 0. The highest BCUT2D eigenvalue weighted by Crippen LogP contribution is 2.68. The van der Waals surface area contributed by atoms with Crippen molar-refractivity contribution in [2.24, 2.45) is 22.7 Å². The molecular formula is C16H25NO. The van der Waals surface area contributed by atoms with E-state index in [1.54, 1.807) is 0 Å². The van der Waals surface area contributed by atoms with E-state index in [-0.39, 0.29) is 5.60 Å². The van der Waals surface area contributed by atoms with Crippen molar-refractivity contribution in [1.29, 1.82) is 5.26 Å². The summed E-state index contributed by atoms with van der Waals surface area (Å²) >= 11 is 0. The summed E-state index contributed by atoms with van der Waals surface area (Å²) in [5, 5.41) is 9.20. The third kappa shape index (κ3) is 1.43. The molecule has 18 heavy (non-hydrogen) atoms. The van der Waals surface area contributed by atoms with Gasteiger partial charge in [-0.1, -0.05) is 27.2 Å². The number of hydrogen-bond donors (Lipinski definition) is 0. The number of rotatable bonds is 1. The summed E-state index contributed by atoms with van der Waals surface area (Å²) in [6.07, 6.45) is 6.21. The molecule has 1 aliphatic heterocycles. The number of nitrogens with zero attached hydrogens (tertiary/aromatic N) is 1. The topological polar surface area (TPSA) is 36.3 Å². The SMILES string of the molecule is CC1(C)CCC[C@]2(C)[C@@H]1C[C@H]1O[C@@]1(C)[C@H]2CC#N. The Bertz CT molecular complexity index is 410. The molecule has 100 valence electrons. The Morgan fingerprint density at radius 2 is 1.94 bits per heavy atom. The molecule has 0 bridgehead atoms. The standard InChI is InChI=1S/C16H25NO/c1-14(2)7-5-8-15(3)11(6-9-17)16(4)13(18-16)10-12(14)15/h11-13H,5-8,10H2,1-4H3/t11-,12+,13+,15-,16-/m0/s1. The van der Waals surface area contributed by atoms with E-state index in [0.717, 1.165) is 5.92 Å². The molecule has 2 heteroatoms. The van der Waals surface area contributed by atoms with Crippen LogP contribution in [0.1, 0.15) is 59.8 Å². The highest BCUT2D eigenvalue weighted by Gasteiger charge is 2.69. The molecule has 1 heterocycles. The predicted molar refractivity (Wildman–Crippen MR) is 70.8 cm³/mol. The Balaban J connectivity index is 2.00. The lowest BCUT2D eigenvalue weighted by Crippen LogP contribution is -2.54. The maximum atomic E-state index is 9.20. The van der Waals surface area contributed by atoms with Gasteiger partial charge in [-0.05, 0) is 42.9 Å². The number of epoxide rings is 1. The first-order chi connectivity index (χ1) is 8.34. The van der Waals surface area contributed by atoms with Crippen LogP contribution >= 0.6 is 0 Å².